The summed E-state index contributed by atoms with van der Waals surface area (Å²) in [6, 6.07) is 8.13. The van der Waals surface area contributed by atoms with Gasteiger partial charge in [-0.2, -0.15) is 5.10 Å². The monoisotopic (exact) mass is 437 g/mol. The predicted molar refractivity (Wildman–Crippen MR) is 107 cm³/mol. The van der Waals surface area contributed by atoms with Crippen molar-refractivity contribution in [1.29, 1.82) is 0 Å². The topological polar surface area (TPSA) is 95.6 Å². The molecule has 0 radical (unpaired) electrons. The molecule has 0 aliphatic carbocycles. The van der Waals surface area contributed by atoms with Gasteiger partial charge in [-0.3, -0.25) is 9.48 Å². The number of benzene rings is 1. The number of aryl methyl sites for hydroxylation is 2. The second-order valence-electron chi connectivity index (χ2n) is 5.98. The molecule has 3 rings (SSSR count). The zero-order valence-corrected chi connectivity index (χ0v) is 17.3. The first-order chi connectivity index (χ1) is 13.8. The molecule has 0 bridgehead atoms. The summed E-state index contributed by atoms with van der Waals surface area (Å²) in [6.45, 7) is 1.71. The molecule has 0 aliphatic heterocycles. The number of hydrogen-bond donors (Lipinski definition) is 1. The Labute approximate surface area is 176 Å². The summed E-state index contributed by atoms with van der Waals surface area (Å²) in [4.78, 5) is 24.5. The first-order valence-corrected chi connectivity index (χ1v) is 9.16. The van der Waals surface area contributed by atoms with Crippen molar-refractivity contribution >= 4 is 40.8 Å². The molecule has 3 aromatic rings. The van der Waals surface area contributed by atoms with Crippen molar-refractivity contribution in [2.24, 2.45) is 7.05 Å². The quantitative estimate of drug-likeness (QED) is 0.579. The van der Waals surface area contributed by atoms with E-state index >= 15 is 0 Å². The van der Waals surface area contributed by atoms with Crippen molar-refractivity contribution in [3.63, 3.8) is 0 Å². The van der Waals surface area contributed by atoms with E-state index in [2.05, 4.69) is 10.4 Å². The van der Waals surface area contributed by atoms with Gasteiger partial charge >= 0.3 is 5.97 Å². The molecular weight excluding hydrogens is 421 g/mol. The first kappa shape index (κ1) is 20.8. The van der Waals surface area contributed by atoms with Gasteiger partial charge in [0.25, 0.3) is 5.91 Å². The second-order valence-corrected chi connectivity index (χ2v) is 6.77. The Bertz CT molecular complexity index is 1070. The minimum Gasteiger partial charge on any atom is -0.484 e. The molecule has 10 heteroatoms. The summed E-state index contributed by atoms with van der Waals surface area (Å²) in [6.07, 6.45) is 0. The van der Waals surface area contributed by atoms with Gasteiger partial charge in [-0.15, -0.1) is 0 Å². The summed E-state index contributed by atoms with van der Waals surface area (Å²) in [5, 5.41) is 7.44. The fraction of sp³-hybridized carbons (Fsp3) is 0.211. The fourth-order valence-electron chi connectivity index (χ4n) is 2.64. The third kappa shape index (κ3) is 4.38. The number of carbonyl (C=O) groups is 2. The zero-order valence-electron chi connectivity index (χ0n) is 15.8. The SMILES string of the molecule is COC(=O)c1c(NC(=O)c2ccc(COc3cccc(Cl)c3Cl)o2)c(C)nn1C. The third-order valence-electron chi connectivity index (χ3n) is 4.01. The molecule has 1 N–H and O–H groups in total. The number of aromatic nitrogens is 2. The largest absolute Gasteiger partial charge is 0.484 e. The van der Waals surface area contributed by atoms with Crippen LogP contribution in [-0.4, -0.2) is 28.8 Å². The second kappa shape index (κ2) is 8.59. The molecule has 2 aromatic heterocycles. The summed E-state index contributed by atoms with van der Waals surface area (Å²) in [5.74, 6) is -0.314. The van der Waals surface area contributed by atoms with Gasteiger partial charge in [0.15, 0.2) is 11.5 Å². The first-order valence-electron chi connectivity index (χ1n) is 8.40. The molecule has 1 aromatic carbocycles. The summed E-state index contributed by atoms with van der Waals surface area (Å²) in [7, 11) is 2.83. The number of rotatable bonds is 6. The van der Waals surface area contributed by atoms with Gasteiger partial charge in [-0.05, 0) is 31.2 Å². The number of methoxy groups -OCH3 is 1. The Balaban J connectivity index is 1.72. The molecule has 0 unspecified atom stereocenters. The van der Waals surface area contributed by atoms with Gasteiger partial charge in [0.05, 0.1) is 23.5 Å². The van der Waals surface area contributed by atoms with Crippen molar-refractivity contribution in [3.8, 4) is 5.75 Å². The Hall–Kier alpha value is -2.97. The highest BCUT2D eigenvalue weighted by Gasteiger charge is 2.24. The zero-order chi connectivity index (χ0) is 21.1. The lowest BCUT2D eigenvalue weighted by molar-refractivity contribution is 0.0589. The molecule has 2 heterocycles. The minimum absolute atomic E-state index is 0.0415. The van der Waals surface area contributed by atoms with Gasteiger partial charge in [0.2, 0.25) is 0 Å². The number of amides is 1. The molecule has 0 fully saturated rings. The molecule has 0 spiro atoms. The Morgan fingerprint density at radius 2 is 2.00 bits per heavy atom. The molecular formula is C19H17Cl2N3O5. The maximum Gasteiger partial charge on any atom is 0.358 e. The highest BCUT2D eigenvalue weighted by atomic mass is 35.5. The van der Waals surface area contributed by atoms with Crippen LogP contribution in [0.4, 0.5) is 5.69 Å². The highest BCUT2D eigenvalue weighted by molar-refractivity contribution is 6.42. The number of furan rings is 1. The van der Waals surface area contributed by atoms with Gasteiger partial charge in [-0.1, -0.05) is 29.3 Å². The van der Waals surface area contributed by atoms with E-state index in [4.69, 9.17) is 37.1 Å². The number of nitrogens with one attached hydrogen (secondary N) is 1. The standard InChI is InChI=1S/C19H17Cl2N3O5/c1-10-16(17(19(26)27-3)24(2)23-10)22-18(25)14-8-7-11(29-14)9-28-13-6-4-5-12(20)15(13)21/h4-8H,9H2,1-3H3,(H,22,25). The van der Waals surface area contributed by atoms with Gasteiger partial charge < -0.3 is 19.2 Å². The Morgan fingerprint density at radius 1 is 1.24 bits per heavy atom. The summed E-state index contributed by atoms with van der Waals surface area (Å²) in [5.41, 5.74) is 0.847. The molecule has 0 saturated carbocycles. The van der Waals surface area contributed by atoms with E-state index in [0.717, 1.165) is 0 Å². The van der Waals surface area contributed by atoms with Crippen LogP contribution >= 0.6 is 23.2 Å². The maximum absolute atomic E-state index is 12.6. The van der Waals surface area contributed by atoms with E-state index in [1.807, 2.05) is 0 Å². The molecule has 0 saturated heterocycles. The van der Waals surface area contributed by atoms with Crippen LogP contribution in [0.5, 0.6) is 5.75 Å². The normalized spacial score (nSPS) is 10.7. The number of ether oxygens (including phenoxy) is 2. The van der Waals surface area contributed by atoms with Crippen LogP contribution in [0.3, 0.4) is 0 Å². The average molecular weight is 438 g/mol. The van der Waals surface area contributed by atoms with E-state index in [9.17, 15) is 9.59 Å². The lowest BCUT2D eigenvalue weighted by Gasteiger charge is -2.07. The van der Waals surface area contributed by atoms with Crippen LogP contribution in [0.2, 0.25) is 10.0 Å². The van der Waals surface area contributed by atoms with E-state index in [1.165, 1.54) is 17.9 Å². The summed E-state index contributed by atoms with van der Waals surface area (Å²) >= 11 is 12.0. The molecule has 152 valence electrons. The van der Waals surface area contributed by atoms with Crippen molar-refractivity contribution < 1.29 is 23.5 Å². The van der Waals surface area contributed by atoms with Gasteiger partial charge in [0, 0.05) is 7.05 Å². The van der Waals surface area contributed by atoms with Crippen LogP contribution in [0.15, 0.2) is 34.7 Å². The number of carbonyl (C=O) groups excluding carboxylic acids is 2. The van der Waals surface area contributed by atoms with Crippen LogP contribution in [0.1, 0.15) is 32.5 Å². The average Bonchev–Trinajstić information content (AvgIpc) is 3.27. The third-order valence-corrected chi connectivity index (χ3v) is 4.81. The maximum atomic E-state index is 12.6. The molecule has 0 atom stereocenters. The van der Waals surface area contributed by atoms with E-state index in [0.29, 0.717) is 27.2 Å². The lowest BCUT2D eigenvalue weighted by atomic mass is 10.3. The number of hydrogen-bond acceptors (Lipinski definition) is 6. The Kier molecular flexibility index (Phi) is 6.14. The number of nitrogens with zero attached hydrogens (tertiary/aromatic N) is 2. The van der Waals surface area contributed by atoms with Gasteiger partial charge in [0.1, 0.15) is 23.1 Å². The van der Waals surface area contributed by atoms with E-state index < -0.39 is 11.9 Å². The lowest BCUT2D eigenvalue weighted by Crippen LogP contribution is -2.16. The Morgan fingerprint density at radius 3 is 2.72 bits per heavy atom. The number of anilines is 1. The van der Waals surface area contributed by atoms with E-state index in [-0.39, 0.29) is 23.7 Å². The van der Waals surface area contributed by atoms with Crippen LogP contribution in [-0.2, 0) is 18.4 Å². The molecule has 8 nitrogen and oxygen atoms in total. The van der Waals surface area contributed by atoms with Gasteiger partial charge in [-0.25, -0.2) is 4.79 Å². The van der Waals surface area contributed by atoms with Crippen molar-refractivity contribution in [2.75, 3.05) is 12.4 Å². The van der Waals surface area contributed by atoms with Crippen LogP contribution in [0.25, 0.3) is 0 Å². The predicted octanol–water partition coefficient (Wildman–Crippen LogP) is 4.25. The number of halogens is 2. The van der Waals surface area contributed by atoms with Crippen molar-refractivity contribution in [3.05, 3.63) is 63.3 Å². The molecule has 1 amide bonds. The molecule has 0 aliphatic rings. The fourth-order valence-corrected chi connectivity index (χ4v) is 2.98. The van der Waals surface area contributed by atoms with Crippen LogP contribution < -0.4 is 10.1 Å². The van der Waals surface area contributed by atoms with E-state index in [1.54, 1.807) is 38.2 Å². The summed E-state index contributed by atoms with van der Waals surface area (Å²) < 4.78 is 17.2. The molecule has 29 heavy (non-hydrogen) atoms. The highest BCUT2D eigenvalue weighted by Crippen LogP contribution is 2.32. The minimum atomic E-state index is -0.615. The van der Waals surface area contributed by atoms with Crippen molar-refractivity contribution in [2.45, 2.75) is 13.5 Å². The van der Waals surface area contributed by atoms with Crippen LogP contribution in [0, 0.1) is 6.92 Å². The smallest absolute Gasteiger partial charge is 0.358 e. The number of esters is 1. The van der Waals surface area contributed by atoms with Crippen molar-refractivity contribution in [1.82, 2.24) is 9.78 Å².